The van der Waals surface area contributed by atoms with Gasteiger partial charge >= 0.3 is 0 Å². The Hall–Kier alpha value is -1.63. The van der Waals surface area contributed by atoms with E-state index in [1.54, 1.807) is 13.8 Å². The van der Waals surface area contributed by atoms with Crippen LogP contribution < -0.4 is 5.32 Å². The van der Waals surface area contributed by atoms with E-state index in [0.29, 0.717) is 13.2 Å². The van der Waals surface area contributed by atoms with Gasteiger partial charge in [0, 0.05) is 0 Å². The van der Waals surface area contributed by atoms with Crippen LogP contribution in [0.5, 0.6) is 0 Å². The van der Waals surface area contributed by atoms with E-state index >= 15 is 0 Å². The molecule has 4 heteroatoms. The van der Waals surface area contributed by atoms with Crippen LogP contribution in [-0.2, 0) is 14.3 Å². The van der Waals surface area contributed by atoms with Crippen LogP contribution in [0.4, 0.5) is 0 Å². The van der Waals surface area contributed by atoms with Gasteiger partial charge in [-0.05, 0) is 13.8 Å². The Balaban J connectivity index is 2.59. The molecule has 0 spiro atoms. The summed E-state index contributed by atoms with van der Waals surface area (Å²) in [7, 11) is 0. The van der Waals surface area contributed by atoms with Crippen molar-refractivity contribution >= 4 is 5.91 Å². The molecule has 1 heterocycles. The van der Waals surface area contributed by atoms with Crippen molar-refractivity contribution in [2.45, 2.75) is 19.4 Å². The van der Waals surface area contributed by atoms with Gasteiger partial charge in [0.15, 0.2) is 0 Å². The van der Waals surface area contributed by atoms with E-state index in [9.17, 15) is 4.79 Å². The standard InChI is InChI=1S/C10H13NO3/c1-4-10(2,3)11-9(12)8-7-13-5-6-14-8/h1,7H,5-6H2,2-3H3,(H,11,12). The highest BCUT2D eigenvalue weighted by Gasteiger charge is 2.22. The van der Waals surface area contributed by atoms with Crippen LogP contribution in [-0.4, -0.2) is 24.7 Å². The van der Waals surface area contributed by atoms with Gasteiger partial charge in [-0.3, -0.25) is 4.79 Å². The van der Waals surface area contributed by atoms with Gasteiger partial charge in [0.25, 0.3) is 5.91 Å². The van der Waals surface area contributed by atoms with Crippen LogP contribution in [0.25, 0.3) is 0 Å². The van der Waals surface area contributed by atoms with E-state index < -0.39 is 5.54 Å². The average molecular weight is 195 g/mol. The molecular weight excluding hydrogens is 182 g/mol. The fourth-order valence-electron chi connectivity index (χ4n) is 0.869. The predicted molar refractivity (Wildman–Crippen MR) is 51.0 cm³/mol. The molecule has 76 valence electrons. The maximum atomic E-state index is 11.5. The minimum atomic E-state index is -0.682. The van der Waals surface area contributed by atoms with E-state index in [4.69, 9.17) is 15.9 Å². The minimum Gasteiger partial charge on any atom is -0.494 e. The summed E-state index contributed by atoms with van der Waals surface area (Å²) >= 11 is 0. The Kier molecular flexibility index (Phi) is 3.03. The zero-order valence-electron chi connectivity index (χ0n) is 8.29. The van der Waals surface area contributed by atoms with Crippen LogP contribution in [0.1, 0.15) is 13.8 Å². The van der Waals surface area contributed by atoms with Crippen molar-refractivity contribution in [3.05, 3.63) is 12.0 Å². The number of carbonyl (C=O) groups is 1. The molecular formula is C10H13NO3. The summed E-state index contributed by atoms with van der Waals surface area (Å²) < 4.78 is 10.0. The molecule has 1 amide bonds. The van der Waals surface area contributed by atoms with Crippen LogP contribution in [0.2, 0.25) is 0 Å². The zero-order valence-corrected chi connectivity index (χ0v) is 8.29. The molecule has 0 radical (unpaired) electrons. The van der Waals surface area contributed by atoms with Crippen LogP contribution in [0.3, 0.4) is 0 Å². The lowest BCUT2D eigenvalue weighted by Crippen LogP contribution is -2.43. The molecule has 1 aliphatic heterocycles. The molecule has 0 aromatic carbocycles. The molecule has 0 fully saturated rings. The lowest BCUT2D eigenvalue weighted by atomic mass is 10.1. The quantitative estimate of drug-likeness (QED) is 0.649. The Labute approximate surface area is 83.3 Å². The molecule has 14 heavy (non-hydrogen) atoms. The normalized spacial score (nSPS) is 15.6. The minimum absolute atomic E-state index is 0.166. The van der Waals surface area contributed by atoms with Gasteiger partial charge < -0.3 is 14.8 Å². The van der Waals surface area contributed by atoms with Gasteiger partial charge in [-0.1, -0.05) is 5.92 Å². The van der Waals surface area contributed by atoms with Crippen molar-refractivity contribution < 1.29 is 14.3 Å². The molecule has 0 aromatic heterocycles. The first-order valence-corrected chi connectivity index (χ1v) is 4.30. The van der Waals surface area contributed by atoms with Gasteiger partial charge in [-0.2, -0.15) is 0 Å². The van der Waals surface area contributed by atoms with Crippen LogP contribution in [0, 0.1) is 12.3 Å². The first-order chi connectivity index (χ1) is 6.55. The van der Waals surface area contributed by atoms with Crippen molar-refractivity contribution in [1.29, 1.82) is 0 Å². The molecule has 0 aromatic rings. The Bertz CT molecular complexity index is 299. The van der Waals surface area contributed by atoms with Crippen LogP contribution in [0.15, 0.2) is 12.0 Å². The lowest BCUT2D eigenvalue weighted by Gasteiger charge is -2.21. The van der Waals surface area contributed by atoms with Gasteiger partial charge in [-0.15, -0.1) is 6.42 Å². The highest BCUT2D eigenvalue weighted by Crippen LogP contribution is 2.07. The number of amides is 1. The number of rotatable bonds is 2. The molecule has 1 N–H and O–H groups in total. The third-order valence-electron chi connectivity index (χ3n) is 1.66. The number of nitrogens with one attached hydrogen (secondary N) is 1. The van der Waals surface area contributed by atoms with Gasteiger partial charge in [0.1, 0.15) is 19.5 Å². The van der Waals surface area contributed by atoms with Gasteiger partial charge in [0.05, 0.1) is 5.54 Å². The monoisotopic (exact) mass is 195 g/mol. The summed E-state index contributed by atoms with van der Waals surface area (Å²) in [6.45, 7) is 4.31. The molecule has 0 bridgehead atoms. The van der Waals surface area contributed by atoms with E-state index in [1.807, 2.05) is 0 Å². The largest absolute Gasteiger partial charge is 0.494 e. The van der Waals surface area contributed by atoms with Crippen molar-refractivity contribution in [3.63, 3.8) is 0 Å². The van der Waals surface area contributed by atoms with E-state index in [-0.39, 0.29) is 11.7 Å². The Morgan fingerprint density at radius 3 is 2.86 bits per heavy atom. The number of hydrogen-bond acceptors (Lipinski definition) is 3. The highest BCUT2D eigenvalue weighted by atomic mass is 16.6. The van der Waals surface area contributed by atoms with E-state index in [0.717, 1.165) is 0 Å². The summed E-state index contributed by atoms with van der Waals surface area (Å²) in [5, 5.41) is 2.63. The first kappa shape index (κ1) is 10.5. The fourth-order valence-corrected chi connectivity index (χ4v) is 0.869. The SMILES string of the molecule is C#CC(C)(C)NC(=O)C1=COCCO1. The second-order valence-electron chi connectivity index (χ2n) is 3.42. The molecule has 0 saturated heterocycles. The van der Waals surface area contributed by atoms with E-state index in [1.165, 1.54) is 6.26 Å². The first-order valence-electron chi connectivity index (χ1n) is 4.30. The van der Waals surface area contributed by atoms with Crippen molar-refractivity contribution in [3.8, 4) is 12.3 Å². The second kappa shape index (κ2) is 4.05. The maximum absolute atomic E-state index is 11.5. The van der Waals surface area contributed by atoms with Crippen molar-refractivity contribution in [2.75, 3.05) is 13.2 Å². The molecule has 1 aliphatic rings. The number of ether oxygens (including phenoxy) is 2. The maximum Gasteiger partial charge on any atom is 0.290 e. The second-order valence-corrected chi connectivity index (χ2v) is 3.42. The van der Waals surface area contributed by atoms with Gasteiger partial charge in [0.2, 0.25) is 5.76 Å². The summed E-state index contributed by atoms with van der Waals surface area (Å²) in [5.41, 5.74) is -0.682. The topological polar surface area (TPSA) is 47.6 Å². The summed E-state index contributed by atoms with van der Waals surface area (Å²) in [4.78, 5) is 11.5. The average Bonchev–Trinajstić information content (AvgIpc) is 2.19. The third-order valence-corrected chi connectivity index (χ3v) is 1.66. The van der Waals surface area contributed by atoms with Crippen LogP contribution >= 0.6 is 0 Å². The third kappa shape index (κ3) is 2.70. The predicted octanol–water partition coefficient (Wildman–Crippen LogP) is 0.403. The lowest BCUT2D eigenvalue weighted by molar-refractivity contribution is -0.123. The highest BCUT2D eigenvalue weighted by molar-refractivity contribution is 5.92. The van der Waals surface area contributed by atoms with Crippen molar-refractivity contribution in [2.24, 2.45) is 0 Å². The van der Waals surface area contributed by atoms with Crippen molar-refractivity contribution in [1.82, 2.24) is 5.32 Å². The fraction of sp³-hybridized carbons (Fsp3) is 0.500. The molecule has 0 atom stereocenters. The Morgan fingerprint density at radius 2 is 2.36 bits per heavy atom. The smallest absolute Gasteiger partial charge is 0.290 e. The molecule has 0 aliphatic carbocycles. The number of carbonyl (C=O) groups excluding carboxylic acids is 1. The number of hydrogen-bond donors (Lipinski definition) is 1. The zero-order chi connectivity index (χ0) is 10.6. The van der Waals surface area contributed by atoms with Gasteiger partial charge in [-0.25, -0.2) is 0 Å². The summed E-state index contributed by atoms with van der Waals surface area (Å²) in [6, 6.07) is 0. The summed E-state index contributed by atoms with van der Waals surface area (Å²) in [6.07, 6.45) is 6.52. The molecule has 0 saturated carbocycles. The molecule has 1 rings (SSSR count). The number of terminal acetylenes is 1. The molecule has 4 nitrogen and oxygen atoms in total. The Morgan fingerprint density at radius 1 is 1.64 bits per heavy atom. The van der Waals surface area contributed by atoms with E-state index in [2.05, 4.69) is 11.2 Å². The molecule has 0 unspecified atom stereocenters. The summed E-state index contributed by atoms with van der Waals surface area (Å²) in [5.74, 6) is 2.27.